The van der Waals surface area contributed by atoms with Crippen molar-refractivity contribution in [1.82, 2.24) is 5.32 Å². The highest BCUT2D eigenvalue weighted by Crippen LogP contribution is 2.31. The molecule has 0 aliphatic heterocycles. The van der Waals surface area contributed by atoms with E-state index < -0.39 is 0 Å². The predicted octanol–water partition coefficient (Wildman–Crippen LogP) is 3.17. The lowest BCUT2D eigenvalue weighted by Gasteiger charge is -2.08. The van der Waals surface area contributed by atoms with Gasteiger partial charge in [0.05, 0.1) is 5.69 Å². The summed E-state index contributed by atoms with van der Waals surface area (Å²) in [5.41, 5.74) is 1.87. The Labute approximate surface area is 98.1 Å². The van der Waals surface area contributed by atoms with E-state index >= 15 is 0 Å². The molecule has 82 valence electrons. The highest BCUT2D eigenvalue weighted by Gasteiger charge is 2.07. The van der Waals surface area contributed by atoms with Crippen LogP contribution in [-0.2, 0) is 0 Å². The van der Waals surface area contributed by atoms with E-state index in [9.17, 15) is 4.79 Å². The molecule has 1 heterocycles. The zero-order chi connectivity index (χ0) is 11.4. The van der Waals surface area contributed by atoms with E-state index in [0.717, 1.165) is 16.1 Å². The summed E-state index contributed by atoms with van der Waals surface area (Å²) in [5, 5.41) is 7.36. The topological polar surface area (TPSA) is 41.1 Å². The third kappa shape index (κ3) is 2.23. The normalized spacial score (nSPS) is 9.81. The Morgan fingerprint density at radius 3 is 2.69 bits per heavy atom. The monoisotopic (exact) mass is 232 g/mol. The number of carbonyl (C=O) groups is 1. The molecule has 2 N–H and O–H groups in total. The molecule has 0 atom stereocenters. The van der Waals surface area contributed by atoms with Crippen molar-refractivity contribution in [2.24, 2.45) is 0 Å². The quantitative estimate of drug-likeness (QED) is 0.820. The number of thiophene rings is 1. The fourth-order valence-corrected chi connectivity index (χ4v) is 2.19. The minimum Gasteiger partial charge on any atom is -0.341 e. The molecule has 0 saturated heterocycles. The number of nitrogens with one attached hydrogen (secondary N) is 2. The Bertz CT molecular complexity index is 480. The summed E-state index contributed by atoms with van der Waals surface area (Å²) in [6.07, 6.45) is 0. The molecule has 0 aliphatic rings. The number of rotatable bonds is 2. The fourth-order valence-electron chi connectivity index (χ4n) is 1.42. The van der Waals surface area contributed by atoms with Gasteiger partial charge in [-0.05, 0) is 17.5 Å². The number of hydrogen-bond donors (Lipinski definition) is 2. The van der Waals surface area contributed by atoms with E-state index in [1.807, 2.05) is 41.8 Å². The average molecular weight is 232 g/mol. The highest BCUT2D eigenvalue weighted by atomic mass is 32.1. The third-order valence-corrected chi connectivity index (χ3v) is 3.09. The molecule has 2 rings (SSSR count). The van der Waals surface area contributed by atoms with Crippen LogP contribution in [0.4, 0.5) is 10.5 Å². The molecule has 0 fully saturated rings. The van der Waals surface area contributed by atoms with Gasteiger partial charge in [0, 0.05) is 17.5 Å². The second kappa shape index (κ2) is 4.81. The Kier molecular flexibility index (Phi) is 3.22. The smallest absolute Gasteiger partial charge is 0.318 e. The lowest BCUT2D eigenvalue weighted by atomic mass is 10.1. The van der Waals surface area contributed by atoms with Crippen molar-refractivity contribution >= 4 is 23.1 Å². The van der Waals surface area contributed by atoms with Crippen LogP contribution >= 0.6 is 11.3 Å². The number of benzene rings is 1. The lowest BCUT2D eigenvalue weighted by molar-refractivity contribution is 0.254. The molecule has 0 aliphatic carbocycles. The zero-order valence-electron chi connectivity index (χ0n) is 8.86. The van der Waals surface area contributed by atoms with E-state index in [4.69, 9.17) is 0 Å². The van der Waals surface area contributed by atoms with E-state index in [-0.39, 0.29) is 6.03 Å². The number of para-hydroxylation sites is 1. The van der Waals surface area contributed by atoms with Crippen LogP contribution in [0.15, 0.2) is 41.8 Å². The van der Waals surface area contributed by atoms with Gasteiger partial charge in [0.15, 0.2) is 0 Å². The largest absolute Gasteiger partial charge is 0.341 e. The molecule has 2 aromatic rings. The number of carbonyl (C=O) groups excluding carboxylic acids is 1. The number of urea groups is 1. The van der Waals surface area contributed by atoms with Gasteiger partial charge >= 0.3 is 6.03 Å². The molecule has 0 unspecified atom stereocenters. The molecule has 0 saturated carbocycles. The van der Waals surface area contributed by atoms with Crippen LogP contribution in [0, 0.1) is 0 Å². The van der Waals surface area contributed by atoms with Gasteiger partial charge in [-0.2, -0.15) is 0 Å². The molecule has 2 amide bonds. The SMILES string of the molecule is CNC(=O)Nc1ccccc1-c1cccs1. The van der Waals surface area contributed by atoms with Crippen molar-refractivity contribution in [2.45, 2.75) is 0 Å². The van der Waals surface area contributed by atoms with E-state index in [2.05, 4.69) is 10.6 Å². The summed E-state index contributed by atoms with van der Waals surface area (Å²) in [6.45, 7) is 0. The van der Waals surface area contributed by atoms with Gasteiger partial charge in [-0.15, -0.1) is 11.3 Å². The first-order chi connectivity index (χ1) is 7.81. The van der Waals surface area contributed by atoms with Crippen molar-refractivity contribution in [3.05, 3.63) is 41.8 Å². The molecule has 1 aromatic heterocycles. The lowest BCUT2D eigenvalue weighted by Crippen LogP contribution is -2.24. The molecule has 16 heavy (non-hydrogen) atoms. The second-order valence-electron chi connectivity index (χ2n) is 3.23. The first-order valence-electron chi connectivity index (χ1n) is 4.93. The zero-order valence-corrected chi connectivity index (χ0v) is 9.67. The van der Waals surface area contributed by atoms with Crippen LogP contribution in [0.5, 0.6) is 0 Å². The summed E-state index contributed by atoms with van der Waals surface area (Å²) in [7, 11) is 1.60. The maximum absolute atomic E-state index is 11.3. The summed E-state index contributed by atoms with van der Waals surface area (Å²) in [6, 6.07) is 11.6. The van der Waals surface area contributed by atoms with Gasteiger partial charge in [0.1, 0.15) is 0 Å². The van der Waals surface area contributed by atoms with E-state index in [1.165, 1.54) is 0 Å². The minimum absolute atomic E-state index is 0.205. The van der Waals surface area contributed by atoms with Crippen LogP contribution < -0.4 is 10.6 Å². The Balaban J connectivity index is 2.35. The molecule has 4 heteroatoms. The van der Waals surface area contributed by atoms with E-state index in [1.54, 1.807) is 18.4 Å². The maximum Gasteiger partial charge on any atom is 0.318 e. The second-order valence-corrected chi connectivity index (χ2v) is 4.17. The fraction of sp³-hybridized carbons (Fsp3) is 0.0833. The molecular formula is C12H12N2OS. The van der Waals surface area contributed by atoms with Crippen LogP contribution in [0.25, 0.3) is 10.4 Å². The summed E-state index contributed by atoms with van der Waals surface area (Å²) in [5.74, 6) is 0. The number of anilines is 1. The summed E-state index contributed by atoms with van der Waals surface area (Å²) in [4.78, 5) is 12.4. The molecule has 3 nitrogen and oxygen atoms in total. The van der Waals surface area contributed by atoms with Crippen molar-refractivity contribution in [2.75, 3.05) is 12.4 Å². The molecule has 0 bridgehead atoms. The first-order valence-corrected chi connectivity index (χ1v) is 5.81. The summed E-state index contributed by atoms with van der Waals surface area (Å²) < 4.78 is 0. The van der Waals surface area contributed by atoms with Gasteiger partial charge in [-0.25, -0.2) is 4.79 Å². The van der Waals surface area contributed by atoms with Crippen molar-refractivity contribution in [3.63, 3.8) is 0 Å². The van der Waals surface area contributed by atoms with Crippen LogP contribution in [0.1, 0.15) is 0 Å². The van der Waals surface area contributed by atoms with Gasteiger partial charge in [-0.1, -0.05) is 24.3 Å². The summed E-state index contributed by atoms with van der Waals surface area (Å²) >= 11 is 1.65. The molecule has 0 spiro atoms. The third-order valence-electron chi connectivity index (χ3n) is 2.19. The van der Waals surface area contributed by atoms with Gasteiger partial charge in [0.2, 0.25) is 0 Å². The number of amides is 2. The van der Waals surface area contributed by atoms with Crippen molar-refractivity contribution < 1.29 is 4.79 Å². The number of hydrogen-bond acceptors (Lipinski definition) is 2. The van der Waals surface area contributed by atoms with Crippen LogP contribution in [0.2, 0.25) is 0 Å². The average Bonchev–Trinajstić information content (AvgIpc) is 2.83. The molecule has 1 aromatic carbocycles. The molecule has 0 radical (unpaired) electrons. The Morgan fingerprint density at radius 1 is 1.19 bits per heavy atom. The van der Waals surface area contributed by atoms with E-state index in [0.29, 0.717) is 0 Å². The standard InChI is InChI=1S/C12H12N2OS/c1-13-12(15)14-10-6-3-2-5-9(10)11-7-4-8-16-11/h2-8H,1H3,(H2,13,14,15). The highest BCUT2D eigenvalue weighted by molar-refractivity contribution is 7.13. The minimum atomic E-state index is -0.205. The maximum atomic E-state index is 11.3. The van der Waals surface area contributed by atoms with Gasteiger partial charge in [-0.3, -0.25) is 0 Å². The van der Waals surface area contributed by atoms with Crippen molar-refractivity contribution in [1.29, 1.82) is 0 Å². The predicted molar refractivity (Wildman–Crippen MR) is 67.8 cm³/mol. The van der Waals surface area contributed by atoms with Crippen molar-refractivity contribution in [3.8, 4) is 10.4 Å². The Hall–Kier alpha value is -1.81. The van der Waals surface area contributed by atoms with Crippen LogP contribution in [0.3, 0.4) is 0 Å². The van der Waals surface area contributed by atoms with Gasteiger partial charge < -0.3 is 10.6 Å². The van der Waals surface area contributed by atoms with Crippen LogP contribution in [-0.4, -0.2) is 13.1 Å². The van der Waals surface area contributed by atoms with Gasteiger partial charge in [0.25, 0.3) is 0 Å². The molecular weight excluding hydrogens is 220 g/mol. The Morgan fingerprint density at radius 2 is 2.00 bits per heavy atom. The first kappa shape index (κ1) is 10.7.